The number of aromatic nitrogens is 2. The van der Waals surface area contributed by atoms with Gasteiger partial charge in [-0.3, -0.25) is 9.59 Å². The van der Waals surface area contributed by atoms with Gasteiger partial charge in [0.15, 0.2) is 0 Å². The number of hydrogen-bond acceptors (Lipinski definition) is 4. The molecule has 2 aromatic rings. The van der Waals surface area contributed by atoms with Gasteiger partial charge in [0.25, 0.3) is 11.5 Å². The van der Waals surface area contributed by atoms with Gasteiger partial charge in [-0.05, 0) is 36.4 Å². The first-order valence-corrected chi connectivity index (χ1v) is 7.38. The lowest BCUT2D eigenvalue weighted by molar-refractivity contribution is 0.0948. The Morgan fingerprint density at radius 1 is 1.25 bits per heavy atom. The maximum atomic E-state index is 11.7. The van der Waals surface area contributed by atoms with Crippen molar-refractivity contribution in [3.63, 3.8) is 0 Å². The van der Waals surface area contributed by atoms with Crippen molar-refractivity contribution >= 4 is 17.7 Å². The number of thioether (sulfide) groups is 1. The third kappa shape index (κ3) is 3.96. The molecule has 6 heteroatoms. The molecular weight excluding hydrogens is 274 g/mol. The number of amides is 1. The molecule has 0 spiro atoms. The standard InChI is InChI=1S/C14H15N3O2S/c1-20-11-4-2-10(3-5-11)8-9-15-14(19)12-6-7-13(18)17-16-12/h2-7H,8-9H2,1H3,(H,15,19)(H,17,18). The van der Waals surface area contributed by atoms with Crippen molar-refractivity contribution in [1.82, 2.24) is 15.5 Å². The molecule has 2 N–H and O–H groups in total. The molecule has 0 aliphatic rings. The quantitative estimate of drug-likeness (QED) is 0.817. The molecule has 0 saturated heterocycles. The topological polar surface area (TPSA) is 74.8 Å². The molecule has 104 valence electrons. The normalized spacial score (nSPS) is 10.2. The van der Waals surface area contributed by atoms with E-state index in [0.29, 0.717) is 6.54 Å². The maximum absolute atomic E-state index is 11.7. The number of carbonyl (C=O) groups is 1. The first-order chi connectivity index (χ1) is 9.69. The minimum atomic E-state index is -0.324. The smallest absolute Gasteiger partial charge is 0.271 e. The van der Waals surface area contributed by atoms with Crippen molar-refractivity contribution in [2.24, 2.45) is 0 Å². The van der Waals surface area contributed by atoms with Gasteiger partial charge in [-0.25, -0.2) is 5.10 Å². The van der Waals surface area contributed by atoms with Crippen LogP contribution in [0.5, 0.6) is 0 Å². The zero-order chi connectivity index (χ0) is 14.4. The van der Waals surface area contributed by atoms with Crippen LogP contribution in [-0.2, 0) is 6.42 Å². The van der Waals surface area contributed by atoms with Gasteiger partial charge in [-0.15, -0.1) is 11.8 Å². The summed E-state index contributed by atoms with van der Waals surface area (Å²) in [5.41, 5.74) is 1.05. The van der Waals surface area contributed by atoms with Crippen molar-refractivity contribution in [3.8, 4) is 0 Å². The van der Waals surface area contributed by atoms with E-state index in [1.165, 1.54) is 17.0 Å². The molecule has 1 amide bonds. The Morgan fingerprint density at radius 2 is 2.00 bits per heavy atom. The number of carbonyl (C=O) groups excluding carboxylic acids is 1. The van der Waals surface area contributed by atoms with Crippen LogP contribution in [0.1, 0.15) is 16.1 Å². The zero-order valence-electron chi connectivity index (χ0n) is 11.1. The highest BCUT2D eigenvalue weighted by molar-refractivity contribution is 7.98. The van der Waals surface area contributed by atoms with E-state index < -0.39 is 0 Å². The van der Waals surface area contributed by atoms with Gasteiger partial charge >= 0.3 is 0 Å². The summed E-state index contributed by atoms with van der Waals surface area (Å²) in [5, 5.41) is 8.67. The molecule has 0 aliphatic carbocycles. The van der Waals surface area contributed by atoms with Gasteiger partial charge in [-0.2, -0.15) is 5.10 Å². The Morgan fingerprint density at radius 3 is 2.60 bits per heavy atom. The highest BCUT2D eigenvalue weighted by Gasteiger charge is 2.06. The van der Waals surface area contributed by atoms with E-state index >= 15 is 0 Å². The fraction of sp³-hybridized carbons (Fsp3) is 0.214. The molecule has 0 saturated carbocycles. The van der Waals surface area contributed by atoms with Gasteiger partial charge in [0.2, 0.25) is 0 Å². The molecule has 0 atom stereocenters. The Bertz CT molecular complexity index is 617. The number of aromatic amines is 1. The van der Waals surface area contributed by atoms with Crippen molar-refractivity contribution in [2.45, 2.75) is 11.3 Å². The summed E-state index contributed by atoms with van der Waals surface area (Å²) in [5.74, 6) is -0.290. The van der Waals surface area contributed by atoms with Crippen LogP contribution in [0.4, 0.5) is 0 Å². The summed E-state index contributed by atoms with van der Waals surface area (Å²) < 4.78 is 0. The molecule has 0 fully saturated rings. The largest absolute Gasteiger partial charge is 0.350 e. The van der Waals surface area contributed by atoms with E-state index in [4.69, 9.17) is 0 Å². The number of benzene rings is 1. The average Bonchev–Trinajstić information content (AvgIpc) is 2.48. The van der Waals surface area contributed by atoms with Crippen molar-refractivity contribution in [1.29, 1.82) is 0 Å². The van der Waals surface area contributed by atoms with Gasteiger partial charge in [0, 0.05) is 17.5 Å². The van der Waals surface area contributed by atoms with E-state index in [1.54, 1.807) is 11.8 Å². The first kappa shape index (κ1) is 14.3. The molecule has 0 bridgehead atoms. The molecule has 1 aromatic heterocycles. The highest BCUT2D eigenvalue weighted by atomic mass is 32.2. The zero-order valence-corrected chi connectivity index (χ0v) is 11.9. The minimum Gasteiger partial charge on any atom is -0.350 e. The first-order valence-electron chi connectivity index (χ1n) is 6.16. The van der Waals surface area contributed by atoms with Crippen LogP contribution in [0.25, 0.3) is 0 Å². The molecule has 5 nitrogen and oxygen atoms in total. The van der Waals surface area contributed by atoms with Crippen molar-refractivity contribution in [2.75, 3.05) is 12.8 Å². The third-order valence-electron chi connectivity index (χ3n) is 2.77. The lowest BCUT2D eigenvalue weighted by Crippen LogP contribution is -2.27. The predicted molar refractivity (Wildman–Crippen MR) is 79.1 cm³/mol. The van der Waals surface area contributed by atoms with Crippen LogP contribution in [0, 0.1) is 0 Å². The maximum Gasteiger partial charge on any atom is 0.271 e. The van der Waals surface area contributed by atoms with Crippen LogP contribution in [0.15, 0.2) is 46.1 Å². The molecule has 2 rings (SSSR count). The van der Waals surface area contributed by atoms with Gasteiger partial charge < -0.3 is 5.32 Å². The van der Waals surface area contributed by atoms with E-state index in [9.17, 15) is 9.59 Å². The Labute approximate surface area is 120 Å². The van der Waals surface area contributed by atoms with Crippen molar-refractivity contribution < 1.29 is 4.79 Å². The number of H-pyrrole nitrogens is 1. The molecule has 0 radical (unpaired) electrons. The summed E-state index contributed by atoms with van der Waals surface area (Å²) in [7, 11) is 0. The SMILES string of the molecule is CSc1ccc(CCNC(=O)c2ccc(=O)[nH]n2)cc1. The number of nitrogens with zero attached hydrogens (tertiary/aromatic N) is 1. The molecular formula is C14H15N3O2S. The number of hydrogen-bond donors (Lipinski definition) is 2. The van der Waals surface area contributed by atoms with E-state index in [-0.39, 0.29) is 17.2 Å². The van der Waals surface area contributed by atoms with E-state index in [2.05, 4.69) is 39.8 Å². The fourth-order valence-corrected chi connectivity index (χ4v) is 2.08. The second-order valence-electron chi connectivity index (χ2n) is 4.16. The molecule has 0 aliphatic heterocycles. The van der Waals surface area contributed by atoms with Gasteiger partial charge in [0.1, 0.15) is 5.69 Å². The summed E-state index contributed by atoms with van der Waals surface area (Å²) in [4.78, 5) is 23.8. The minimum absolute atomic E-state index is 0.210. The van der Waals surface area contributed by atoms with Crippen LogP contribution in [0.2, 0.25) is 0 Å². The van der Waals surface area contributed by atoms with Crippen molar-refractivity contribution in [3.05, 3.63) is 58.0 Å². The predicted octanol–water partition coefficient (Wildman–Crippen LogP) is 1.46. The van der Waals surface area contributed by atoms with Gasteiger partial charge in [-0.1, -0.05) is 12.1 Å². The van der Waals surface area contributed by atoms with Crippen LogP contribution >= 0.6 is 11.8 Å². The van der Waals surface area contributed by atoms with E-state index in [1.807, 2.05) is 6.26 Å². The summed E-state index contributed by atoms with van der Waals surface area (Å²) in [6.45, 7) is 0.526. The third-order valence-corrected chi connectivity index (χ3v) is 3.51. The lowest BCUT2D eigenvalue weighted by Gasteiger charge is -2.05. The summed E-state index contributed by atoms with van der Waals surface area (Å²) in [6, 6.07) is 10.9. The molecule has 20 heavy (non-hydrogen) atoms. The molecule has 0 unspecified atom stereocenters. The molecule has 1 heterocycles. The van der Waals surface area contributed by atoms with Crippen LogP contribution < -0.4 is 10.9 Å². The fourth-order valence-electron chi connectivity index (χ4n) is 1.67. The Kier molecular flexibility index (Phi) is 4.95. The average molecular weight is 289 g/mol. The summed E-state index contributed by atoms with van der Waals surface area (Å²) in [6.07, 6.45) is 2.79. The second kappa shape index (κ2) is 6.91. The monoisotopic (exact) mass is 289 g/mol. The van der Waals surface area contributed by atoms with E-state index in [0.717, 1.165) is 12.0 Å². The van der Waals surface area contributed by atoms with Crippen LogP contribution in [0.3, 0.4) is 0 Å². The number of rotatable bonds is 5. The highest BCUT2D eigenvalue weighted by Crippen LogP contribution is 2.14. The Balaban J connectivity index is 1.84. The summed E-state index contributed by atoms with van der Waals surface area (Å²) >= 11 is 1.70. The Hall–Kier alpha value is -2.08. The van der Waals surface area contributed by atoms with Gasteiger partial charge in [0.05, 0.1) is 0 Å². The second-order valence-corrected chi connectivity index (χ2v) is 5.04. The number of nitrogens with one attached hydrogen (secondary N) is 2. The molecule has 1 aromatic carbocycles. The lowest BCUT2D eigenvalue weighted by atomic mass is 10.1. The van der Waals surface area contributed by atoms with Crippen LogP contribution in [-0.4, -0.2) is 28.9 Å².